The molecule has 490 valence electrons. The van der Waals surface area contributed by atoms with Gasteiger partial charge in [0.15, 0.2) is 40.6 Å². The number of nitrogens with zero attached hydrogens (tertiary/aromatic N) is 12. The molecule has 14 aromatic carbocycles. The lowest BCUT2D eigenvalue weighted by Gasteiger charge is -2.44. The Hall–Kier alpha value is -15.0. The van der Waals surface area contributed by atoms with Gasteiger partial charge in [-0.05, 0) is 165 Å². The summed E-state index contributed by atoms with van der Waals surface area (Å²) in [6, 6.07) is 119. The van der Waals surface area contributed by atoms with Crippen LogP contribution in [0, 0.1) is 29.2 Å². The van der Waals surface area contributed by atoms with Crippen molar-refractivity contribution in [2.24, 2.45) is 0 Å². The van der Waals surface area contributed by atoms with E-state index < -0.39 is 6.71 Å². The largest absolute Gasteiger partial charge is 0.311 e. The van der Waals surface area contributed by atoms with Crippen molar-refractivity contribution in [3.05, 3.63) is 356 Å². The van der Waals surface area contributed by atoms with Crippen LogP contribution in [0.3, 0.4) is 0 Å². The zero-order valence-electron chi connectivity index (χ0n) is 56.7. The fraction of sp³-hybridized carbons (Fsp3) is 0. The number of nitriles is 2. The van der Waals surface area contributed by atoms with Gasteiger partial charge in [0.2, 0.25) is 0 Å². The monoisotopic (exact) mass is 1350 g/mol. The van der Waals surface area contributed by atoms with E-state index in [2.05, 4.69) is 189 Å². The first kappa shape index (κ1) is 62.1. The Morgan fingerprint density at radius 3 is 1.05 bits per heavy atom. The third-order valence-corrected chi connectivity index (χ3v) is 20.1. The van der Waals surface area contributed by atoms with Gasteiger partial charge >= 0.3 is 0 Å². The molecule has 0 radical (unpaired) electrons. The quantitative estimate of drug-likeness (QED) is 0.0857. The fourth-order valence-corrected chi connectivity index (χ4v) is 15.2. The molecule has 12 nitrogen and oxygen atoms in total. The summed E-state index contributed by atoms with van der Waals surface area (Å²) in [6.45, 7) is 8.05. The van der Waals surface area contributed by atoms with Gasteiger partial charge in [-0.3, -0.25) is 0 Å². The summed E-state index contributed by atoms with van der Waals surface area (Å²) >= 11 is 0. The maximum Gasteiger partial charge on any atom is 0.252 e. The molecule has 3 aromatic heterocycles. The van der Waals surface area contributed by atoms with Crippen LogP contribution in [-0.2, 0) is 0 Å². The molecule has 0 unspecified atom stereocenters. The highest BCUT2D eigenvalue weighted by atomic mass is 15.2. The molecule has 0 aliphatic carbocycles. The second-order valence-electron chi connectivity index (χ2n) is 26.3. The van der Waals surface area contributed by atoms with Gasteiger partial charge in [0.1, 0.15) is 0 Å². The highest BCUT2D eigenvalue weighted by molar-refractivity contribution is 7.00. The molecule has 13 heteroatoms. The first-order valence-electron chi connectivity index (χ1n) is 34.9. The van der Waals surface area contributed by atoms with Gasteiger partial charge in [-0.1, -0.05) is 218 Å². The van der Waals surface area contributed by atoms with E-state index in [1.54, 1.807) is 0 Å². The molecule has 2 aliphatic rings. The average molecular weight is 1350 g/mol. The van der Waals surface area contributed by atoms with E-state index in [4.69, 9.17) is 36.5 Å². The molecule has 106 heavy (non-hydrogen) atoms. The number of aromatic nitrogens is 7. The minimum absolute atomic E-state index is 0.398. The van der Waals surface area contributed by atoms with E-state index in [0.717, 1.165) is 139 Å². The third-order valence-electron chi connectivity index (χ3n) is 20.1. The SMILES string of the molecule is [C-]#[N+]c1ccc(-n2c3ccc(-c4cc5c6c(c4)N(c4ccc(-c7ccccc7)cc4)c4ccc(C#N)cc4B6c4cc(C#N)ccc4N5c4ccc(-c5ccccc5)cc4)cc3c3cc(-c4nc(-c5ccccc5)nc(-c5ccccc5)n4)ccc32)c(-c2nc(-c3ccccc3)nc(-c3ccccc3)n2)c1. The van der Waals surface area contributed by atoms with Gasteiger partial charge in [0.25, 0.3) is 6.71 Å². The van der Waals surface area contributed by atoms with Crippen LogP contribution in [0.15, 0.2) is 334 Å². The number of fused-ring (bicyclic) bond motifs is 7. The van der Waals surface area contributed by atoms with E-state index in [9.17, 15) is 10.5 Å². The molecule has 0 saturated carbocycles. The zero-order valence-corrected chi connectivity index (χ0v) is 56.7. The van der Waals surface area contributed by atoms with Crippen molar-refractivity contribution < 1.29 is 0 Å². The first-order valence-corrected chi connectivity index (χ1v) is 34.9. The molecule has 0 bridgehead atoms. The molecular weight excluding hydrogens is 1300 g/mol. The molecule has 0 N–H and O–H groups in total. The van der Waals surface area contributed by atoms with Crippen molar-refractivity contribution in [3.63, 3.8) is 0 Å². The Morgan fingerprint density at radius 2 is 0.642 bits per heavy atom. The standard InChI is InChI=1S/C93H55BN12/c1-97-72-40-49-82(77(56-72)93-102-90(67-28-16-6-17-29-67)99-91(103-93)68-30-18-7-19-31-68)106-80-47-38-69(52-75(80)76-53-70(39-48-81(76)106)92-100-88(65-24-12-4-13-25-65)98-89(101-92)66-26-14-5-15-27-66)71-54-85-87-86(55-71)105(74-43-36-64(37-44-74)62-22-10-3-11-23-62)84-46-33-60(58-96)51-79(84)94(87)78-50-59(57-95)32-45-83(78)104(85)73-41-34-63(35-42-73)61-20-8-2-9-21-61/h2-56H. The summed E-state index contributed by atoms with van der Waals surface area (Å²) in [4.78, 5) is 40.0. The lowest BCUT2D eigenvalue weighted by molar-refractivity contribution is 1.06. The Labute approximate surface area is 611 Å². The van der Waals surface area contributed by atoms with Crippen molar-refractivity contribution in [2.75, 3.05) is 9.80 Å². The highest BCUT2D eigenvalue weighted by Gasteiger charge is 2.44. The molecule has 0 saturated heterocycles. The van der Waals surface area contributed by atoms with Crippen molar-refractivity contribution in [3.8, 4) is 120 Å². The van der Waals surface area contributed by atoms with Gasteiger partial charge in [-0.25, -0.2) is 34.7 Å². The van der Waals surface area contributed by atoms with E-state index in [-0.39, 0.29) is 0 Å². The Morgan fingerprint density at radius 1 is 0.292 bits per heavy atom. The summed E-state index contributed by atoms with van der Waals surface area (Å²) < 4.78 is 2.26. The number of hydrogen-bond donors (Lipinski definition) is 0. The van der Waals surface area contributed by atoms with Crippen molar-refractivity contribution in [1.29, 1.82) is 10.5 Å². The van der Waals surface area contributed by atoms with E-state index >= 15 is 0 Å². The second-order valence-corrected chi connectivity index (χ2v) is 26.3. The molecular formula is C93H55BN12. The van der Waals surface area contributed by atoms with Crippen LogP contribution in [-0.4, -0.2) is 41.2 Å². The topological polar surface area (TPSA) is 141 Å². The average Bonchev–Trinajstić information content (AvgIpc) is 0.825. The number of benzene rings is 14. The van der Waals surface area contributed by atoms with Gasteiger partial charge in [0, 0.05) is 78.3 Å². The predicted molar refractivity (Wildman–Crippen MR) is 426 cm³/mol. The smallest absolute Gasteiger partial charge is 0.252 e. The van der Waals surface area contributed by atoms with E-state index in [0.29, 0.717) is 57.3 Å². The number of anilines is 6. The molecule has 0 atom stereocenters. The third kappa shape index (κ3) is 10.9. The number of rotatable bonds is 12. The van der Waals surface area contributed by atoms with Gasteiger partial charge in [0.05, 0.1) is 46.6 Å². The van der Waals surface area contributed by atoms with Gasteiger partial charge in [-0.2, -0.15) is 10.5 Å². The van der Waals surface area contributed by atoms with E-state index in [1.165, 1.54) is 0 Å². The Bertz CT molecular complexity index is 6190. The zero-order chi connectivity index (χ0) is 70.8. The van der Waals surface area contributed by atoms with Crippen molar-refractivity contribution in [1.82, 2.24) is 34.5 Å². The van der Waals surface area contributed by atoms with Crippen LogP contribution in [0.5, 0.6) is 0 Å². The lowest BCUT2D eigenvalue weighted by Crippen LogP contribution is -2.61. The fourth-order valence-electron chi connectivity index (χ4n) is 15.2. The molecule has 0 fully saturated rings. The van der Waals surface area contributed by atoms with Crippen LogP contribution in [0.2, 0.25) is 0 Å². The molecule has 0 spiro atoms. The summed E-state index contributed by atoms with van der Waals surface area (Å²) in [5.41, 5.74) is 23.5. The van der Waals surface area contributed by atoms with Crippen LogP contribution in [0.1, 0.15) is 11.1 Å². The van der Waals surface area contributed by atoms with Gasteiger partial charge in [-0.15, -0.1) is 0 Å². The number of hydrogen-bond acceptors (Lipinski definition) is 10. The minimum atomic E-state index is -0.398. The predicted octanol–water partition coefficient (Wildman–Crippen LogP) is 20.5. The van der Waals surface area contributed by atoms with Crippen molar-refractivity contribution in [2.45, 2.75) is 0 Å². The minimum Gasteiger partial charge on any atom is -0.311 e. The summed E-state index contributed by atoms with van der Waals surface area (Å²) in [5.74, 6) is 2.98. The normalized spacial score (nSPS) is 11.9. The maximum atomic E-state index is 10.7. The summed E-state index contributed by atoms with van der Waals surface area (Å²) in [6.07, 6.45) is 0. The lowest BCUT2D eigenvalue weighted by atomic mass is 9.33. The van der Waals surface area contributed by atoms with Crippen LogP contribution in [0.4, 0.5) is 39.8 Å². The molecule has 2 aliphatic heterocycles. The second kappa shape index (κ2) is 25.9. The van der Waals surface area contributed by atoms with Crippen LogP contribution < -0.4 is 26.2 Å². The Balaban J connectivity index is 0.880. The maximum absolute atomic E-state index is 10.7. The molecule has 5 heterocycles. The summed E-state index contributed by atoms with van der Waals surface area (Å²) in [7, 11) is 0. The first-order chi connectivity index (χ1) is 52.4. The molecule has 0 amide bonds. The summed E-state index contributed by atoms with van der Waals surface area (Å²) in [5, 5.41) is 23.3. The Kier molecular flexibility index (Phi) is 15.2. The molecule has 19 rings (SSSR count). The van der Waals surface area contributed by atoms with E-state index in [1.807, 2.05) is 176 Å². The van der Waals surface area contributed by atoms with Crippen LogP contribution >= 0.6 is 0 Å². The highest BCUT2D eigenvalue weighted by Crippen LogP contribution is 2.49. The van der Waals surface area contributed by atoms with Crippen LogP contribution in [0.25, 0.3) is 134 Å². The van der Waals surface area contributed by atoms with Gasteiger partial charge < -0.3 is 14.4 Å². The van der Waals surface area contributed by atoms with Crippen molar-refractivity contribution >= 4 is 84.7 Å². The molecule has 17 aromatic rings.